The maximum absolute atomic E-state index is 13.3. The number of methoxy groups -OCH3 is 1. The van der Waals surface area contributed by atoms with Crippen molar-refractivity contribution in [3.05, 3.63) is 12.7 Å². The third-order valence-corrected chi connectivity index (χ3v) is 5.07. The van der Waals surface area contributed by atoms with E-state index < -0.39 is 43.1 Å². The van der Waals surface area contributed by atoms with E-state index >= 15 is 0 Å². The number of carboxylic acid groups (broad SMARTS) is 1. The molecule has 2 rings (SSSR count). The Balaban J connectivity index is 2.13. The number of likely N-dealkylation sites (tertiary alicyclic amines) is 2. The van der Waals surface area contributed by atoms with Gasteiger partial charge in [0, 0.05) is 19.5 Å². The summed E-state index contributed by atoms with van der Waals surface area (Å²) in [4.78, 5) is 51.3. The minimum absolute atomic E-state index is 0.231. The van der Waals surface area contributed by atoms with Gasteiger partial charge in [0.05, 0.1) is 19.8 Å². The molecule has 2 aliphatic heterocycles. The van der Waals surface area contributed by atoms with E-state index in [0.29, 0.717) is 32.4 Å². The van der Waals surface area contributed by atoms with Gasteiger partial charge in [-0.25, -0.2) is 9.59 Å². The number of rotatable bonds is 9. The molecule has 0 bridgehead atoms. The van der Waals surface area contributed by atoms with Crippen molar-refractivity contribution in [3.63, 3.8) is 0 Å². The van der Waals surface area contributed by atoms with Crippen molar-refractivity contribution < 1.29 is 38.5 Å². The van der Waals surface area contributed by atoms with Gasteiger partial charge >= 0.3 is 11.9 Å². The van der Waals surface area contributed by atoms with Gasteiger partial charge in [0.2, 0.25) is 11.8 Å². The molecule has 2 aliphatic rings. The van der Waals surface area contributed by atoms with Crippen LogP contribution in [0, 0.1) is 0 Å². The lowest BCUT2D eigenvalue weighted by atomic mass is 9.97. The molecule has 2 saturated heterocycles. The van der Waals surface area contributed by atoms with E-state index in [1.54, 1.807) is 6.08 Å². The molecule has 0 spiro atoms. The van der Waals surface area contributed by atoms with E-state index in [0.717, 1.165) is 0 Å². The molecular formula is C19H28N2O8. The fourth-order valence-corrected chi connectivity index (χ4v) is 3.73. The molecule has 3 atom stereocenters. The van der Waals surface area contributed by atoms with Gasteiger partial charge in [-0.1, -0.05) is 6.08 Å². The average Bonchev–Trinajstić information content (AvgIpc) is 3.20. The number of carbonyl (C=O) groups is 4. The third-order valence-electron chi connectivity index (χ3n) is 5.07. The Bertz CT molecular complexity index is 638. The van der Waals surface area contributed by atoms with Crippen LogP contribution in [-0.2, 0) is 33.4 Å². The molecule has 0 aromatic carbocycles. The number of esters is 1. The van der Waals surface area contributed by atoms with E-state index in [1.165, 1.54) is 16.9 Å². The number of carboxylic acids is 1. The lowest BCUT2D eigenvalue weighted by molar-refractivity contribution is -0.159. The Kier molecular flexibility index (Phi) is 8.59. The molecule has 0 unspecified atom stereocenters. The van der Waals surface area contributed by atoms with Crippen LogP contribution in [0.15, 0.2) is 12.7 Å². The molecule has 2 amide bonds. The number of piperidine rings is 1. The van der Waals surface area contributed by atoms with Crippen molar-refractivity contribution in [1.29, 1.82) is 0 Å². The van der Waals surface area contributed by atoms with Gasteiger partial charge in [0.15, 0.2) is 0 Å². The summed E-state index contributed by atoms with van der Waals surface area (Å²) in [6.45, 7) is 3.58. The Morgan fingerprint density at radius 3 is 2.52 bits per heavy atom. The highest BCUT2D eigenvalue weighted by molar-refractivity contribution is 5.91. The molecule has 10 nitrogen and oxygen atoms in total. The van der Waals surface area contributed by atoms with E-state index in [4.69, 9.17) is 19.3 Å². The molecule has 162 valence electrons. The molecule has 2 fully saturated rings. The molecule has 0 radical (unpaired) electrons. The minimum Gasteiger partial charge on any atom is -0.480 e. The van der Waals surface area contributed by atoms with Crippen molar-refractivity contribution in [2.75, 3.05) is 40.0 Å². The second-order valence-corrected chi connectivity index (χ2v) is 6.97. The summed E-state index contributed by atoms with van der Waals surface area (Å²) in [5.74, 6) is -2.47. The highest BCUT2D eigenvalue weighted by atomic mass is 16.5. The molecule has 1 N–H and O–H groups in total. The number of ether oxygens (including phenoxy) is 3. The SMILES string of the molecule is C=CCO[C@@H]1CCN(C(=O)COCC(=O)O)[C@H](C(=O)N2CCC[C@@H]2C(=O)OC)C1. The zero-order chi connectivity index (χ0) is 21.4. The van der Waals surface area contributed by atoms with Crippen LogP contribution in [0.4, 0.5) is 0 Å². The number of nitrogens with zero attached hydrogens (tertiary/aromatic N) is 2. The van der Waals surface area contributed by atoms with Crippen molar-refractivity contribution in [2.24, 2.45) is 0 Å². The molecule has 10 heteroatoms. The lowest BCUT2D eigenvalue weighted by Crippen LogP contribution is -2.58. The van der Waals surface area contributed by atoms with E-state index in [2.05, 4.69) is 6.58 Å². The van der Waals surface area contributed by atoms with Crippen LogP contribution in [0.2, 0.25) is 0 Å². The standard InChI is InChI=1S/C19H28N2O8/c1-3-9-29-13-6-8-20(16(22)11-28-12-17(23)24)15(10-13)18(25)21-7-4-5-14(21)19(26)27-2/h3,13-15H,1,4-12H2,2H3,(H,23,24)/t13-,14-,15+/m1/s1. The van der Waals surface area contributed by atoms with Gasteiger partial charge in [-0.05, 0) is 19.3 Å². The van der Waals surface area contributed by atoms with Crippen LogP contribution in [0.5, 0.6) is 0 Å². The predicted molar refractivity (Wildman–Crippen MR) is 99.9 cm³/mol. The van der Waals surface area contributed by atoms with Gasteiger partial charge in [0.1, 0.15) is 25.3 Å². The molecule has 0 aliphatic carbocycles. The Morgan fingerprint density at radius 2 is 1.86 bits per heavy atom. The number of aliphatic carboxylic acids is 1. The quantitative estimate of drug-likeness (QED) is 0.409. The van der Waals surface area contributed by atoms with Crippen LogP contribution < -0.4 is 0 Å². The first kappa shape index (κ1) is 22.8. The highest BCUT2D eigenvalue weighted by Gasteiger charge is 2.43. The molecule has 0 aromatic heterocycles. The zero-order valence-corrected chi connectivity index (χ0v) is 16.6. The Hall–Kier alpha value is -2.46. The summed E-state index contributed by atoms with van der Waals surface area (Å²) in [5.41, 5.74) is 0. The van der Waals surface area contributed by atoms with Crippen LogP contribution in [0.25, 0.3) is 0 Å². The molecule has 2 heterocycles. The average molecular weight is 412 g/mol. The van der Waals surface area contributed by atoms with Gasteiger partial charge in [-0.2, -0.15) is 0 Å². The Morgan fingerprint density at radius 1 is 1.10 bits per heavy atom. The monoisotopic (exact) mass is 412 g/mol. The second-order valence-electron chi connectivity index (χ2n) is 6.97. The first-order chi connectivity index (χ1) is 13.9. The second kappa shape index (κ2) is 10.9. The highest BCUT2D eigenvalue weighted by Crippen LogP contribution is 2.26. The topological polar surface area (TPSA) is 123 Å². The summed E-state index contributed by atoms with van der Waals surface area (Å²) in [5, 5.41) is 8.66. The van der Waals surface area contributed by atoms with Gasteiger partial charge in [0.25, 0.3) is 0 Å². The van der Waals surface area contributed by atoms with E-state index in [-0.39, 0.29) is 25.0 Å². The first-order valence-electron chi connectivity index (χ1n) is 9.58. The zero-order valence-electron chi connectivity index (χ0n) is 16.6. The number of amides is 2. The van der Waals surface area contributed by atoms with Gasteiger partial charge in [-0.15, -0.1) is 6.58 Å². The number of hydrogen-bond donors (Lipinski definition) is 1. The number of carbonyl (C=O) groups excluding carboxylic acids is 3. The van der Waals surface area contributed by atoms with Crippen molar-refractivity contribution >= 4 is 23.8 Å². The fraction of sp³-hybridized carbons (Fsp3) is 0.684. The third kappa shape index (κ3) is 6.01. The van der Waals surface area contributed by atoms with Crippen molar-refractivity contribution in [3.8, 4) is 0 Å². The van der Waals surface area contributed by atoms with E-state index in [1.807, 2.05) is 0 Å². The molecular weight excluding hydrogens is 384 g/mol. The Labute approximate surface area is 169 Å². The normalized spacial score (nSPS) is 24.2. The van der Waals surface area contributed by atoms with Gasteiger partial charge < -0.3 is 29.1 Å². The summed E-state index contributed by atoms with van der Waals surface area (Å²) >= 11 is 0. The van der Waals surface area contributed by atoms with Crippen LogP contribution in [-0.4, -0.2) is 96.9 Å². The largest absolute Gasteiger partial charge is 0.480 e. The first-order valence-corrected chi connectivity index (χ1v) is 9.58. The van der Waals surface area contributed by atoms with Crippen LogP contribution in [0.3, 0.4) is 0 Å². The summed E-state index contributed by atoms with van der Waals surface area (Å²) in [6, 6.07) is -1.48. The van der Waals surface area contributed by atoms with Crippen molar-refractivity contribution in [1.82, 2.24) is 9.80 Å². The lowest BCUT2D eigenvalue weighted by Gasteiger charge is -2.40. The fourth-order valence-electron chi connectivity index (χ4n) is 3.73. The van der Waals surface area contributed by atoms with Crippen molar-refractivity contribution in [2.45, 2.75) is 43.9 Å². The smallest absolute Gasteiger partial charge is 0.329 e. The van der Waals surface area contributed by atoms with Gasteiger partial charge in [-0.3, -0.25) is 9.59 Å². The summed E-state index contributed by atoms with van der Waals surface area (Å²) in [7, 11) is 1.28. The summed E-state index contributed by atoms with van der Waals surface area (Å²) < 4.78 is 15.4. The maximum atomic E-state index is 13.3. The number of hydrogen-bond acceptors (Lipinski definition) is 7. The minimum atomic E-state index is -1.18. The van der Waals surface area contributed by atoms with Crippen LogP contribution in [0.1, 0.15) is 25.7 Å². The van der Waals surface area contributed by atoms with E-state index in [9.17, 15) is 19.2 Å². The predicted octanol–water partition coefficient (Wildman–Crippen LogP) is -0.186. The summed E-state index contributed by atoms with van der Waals surface area (Å²) in [6.07, 6.45) is 3.37. The molecule has 29 heavy (non-hydrogen) atoms. The van der Waals surface area contributed by atoms with Crippen LogP contribution >= 0.6 is 0 Å². The molecule has 0 aromatic rings. The maximum Gasteiger partial charge on any atom is 0.329 e. The molecule has 0 saturated carbocycles.